The summed E-state index contributed by atoms with van der Waals surface area (Å²) in [6.07, 6.45) is 8.09. The predicted octanol–water partition coefficient (Wildman–Crippen LogP) is 3.10. The van der Waals surface area contributed by atoms with Crippen molar-refractivity contribution in [1.29, 1.82) is 0 Å². The van der Waals surface area contributed by atoms with Gasteiger partial charge in [0.05, 0.1) is 26.9 Å². The lowest BCUT2D eigenvalue weighted by molar-refractivity contribution is -0.692. The zero-order valence-electron chi connectivity index (χ0n) is 13.7. The van der Waals surface area contributed by atoms with E-state index in [0.29, 0.717) is 17.2 Å². The van der Waals surface area contributed by atoms with Gasteiger partial charge in [-0.25, -0.2) is 4.57 Å². The fourth-order valence-electron chi connectivity index (χ4n) is 2.22. The average Bonchev–Trinajstić information content (AvgIpc) is 2.60. The van der Waals surface area contributed by atoms with Crippen molar-refractivity contribution in [2.75, 3.05) is 27.1 Å². The van der Waals surface area contributed by atoms with Gasteiger partial charge in [-0.3, -0.25) is 0 Å². The first-order valence-corrected chi connectivity index (χ1v) is 7.93. The van der Waals surface area contributed by atoms with Crippen molar-refractivity contribution < 1.29 is 18.8 Å². The molecule has 2 aromatic rings. The predicted molar refractivity (Wildman–Crippen MR) is 95.5 cm³/mol. The van der Waals surface area contributed by atoms with Crippen LogP contribution in [0.1, 0.15) is 11.1 Å². The van der Waals surface area contributed by atoms with E-state index in [4.69, 9.17) is 14.2 Å². The van der Waals surface area contributed by atoms with Crippen LogP contribution >= 0.6 is 12.6 Å². The molecule has 4 nitrogen and oxygen atoms in total. The number of methoxy groups -OCH3 is 3. The van der Waals surface area contributed by atoms with Gasteiger partial charge in [-0.15, -0.1) is 0 Å². The quantitative estimate of drug-likeness (QED) is 0.624. The Hall–Kier alpha value is -2.14. The molecule has 0 aliphatic heterocycles. The molecule has 0 radical (unpaired) electrons. The molecule has 0 amide bonds. The van der Waals surface area contributed by atoms with Crippen LogP contribution in [0, 0.1) is 0 Å². The highest BCUT2D eigenvalue weighted by atomic mass is 32.1. The minimum absolute atomic E-state index is 0.698. The summed E-state index contributed by atoms with van der Waals surface area (Å²) in [4.78, 5) is 0. The summed E-state index contributed by atoms with van der Waals surface area (Å²) in [7, 11) is 4.89. The molecular formula is C18H22NO3S+. The molecule has 0 saturated heterocycles. The lowest BCUT2D eigenvalue weighted by Crippen LogP contribution is -2.33. The van der Waals surface area contributed by atoms with Crippen LogP contribution in [0.25, 0.3) is 12.2 Å². The molecule has 2 rings (SSSR count). The molecular weight excluding hydrogens is 310 g/mol. The summed E-state index contributed by atoms with van der Waals surface area (Å²) < 4.78 is 18.2. The monoisotopic (exact) mass is 332 g/mol. The zero-order chi connectivity index (χ0) is 16.7. The van der Waals surface area contributed by atoms with Crippen LogP contribution in [0.15, 0.2) is 36.7 Å². The largest absolute Gasteiger partial charge is 0.496 e. The Bertz CT molecular complexity index is 643. The summed E-state index contributed by atoms with van der Waals surface area (Å²) in [5.74, 6) is 2.93. The van der Waals surface area contributed by atoms with E-state index < -0.39 is 0 Å². The number of benzene rings is 1. The molecule has 0 atom stereocenters. The van der Waals surface area contributed by atoms with Gasteiger partial charge in [0.25, 0.3) is 0 Å². The molecule has 0 unspecified atom stereocenters. The summed E-state index contributed by atoms with van der Waals surface area (Å²) >= 11 is 4.23. The van der Waals surface area contributed by atoms with Gasteiger partial charge in [-0.1, -0.05) is 6.08 Å². The average molecular weight is 332 g/mol. The van der Waals surface area contributed by atoms with Gasteiger partial charge in [0.2, 0.25) is 0 Å². The molecule has 0 spiro atoms. The second-order valence-corrected chi connectivity index (χ2v) is 5.32. The number of hydrogen-bond donors (Lipinski definition) is 1. The first-order chi connectivity index (χ1) is 11.2. The molecule has 0 bridgehead atoms. The number of aryl methyl sites for hydroxylation is 1. The third kappa shape index (κ3) is 4.42. The molecule has 23 heavy (non-hydrogen) atoms. The molecule has 122 valence electrons. The van der Waals surface area contributed by atoms with Crippen LogP contribution in [0.3, 0.4) is 0 Å². The maximum atomic E-state index is 5.45. The van der Waals surface area contributed by atoms with Gasteiger partial charge in [0.1, 0.15) is 17.2 Å². The fraction of sp³-hybridized carbons (Fsp3) is 0.278. The van der Waals surface area contributed by atoms with E-state index in [1.807, 2.05) is 36.7 Å². The zero-order valence-corrected chi connectivity index (χ0v) is 14.5. The number of pyridine rings is 1. The Morgan fingerprint density at radius 1 is 0.957 bits per heavy atom. The maximum absolute atomic E-state index is 5.45. The molecule has 1 heterocycles. The molecule has 0 aliphatic carbocycles. The Morgan fingerprint density at radius 3 is 2.04 bits per heavy atom. The van der Waals surface area contributed by atoms with Gasteiger partial charge < -0.3 is 14.2 Å². The number of nitrogens with zero attached hydrogens (tertiary/aromatic N) is 1. The lowest BCUT2D eigenvalue weighted by Gasteiger charge is -2.12. The second kappa shape index (κ2) is 8.48. The Kier molecular flexibility index (Phi) is 6.35. The Morgan fingerprint density at radius 2 is 1.57 bits per heavy atom. The van der Waals surface area contributed by atoms with Crippen molar-refractivity contribution in [2.45, 2.75) is 6.54 Å². The Labute approximate surface area is 142 Å². The van der Waals surface area contributed by atoms with Gasteiger partial charge in [0.15, 0.2) is 18.9 Å². The van der Waals surface area contributed by atoms with Crippen molar-refractivity contribution in [3.8, 4) is 17.2 Å². The highest BCUT2D eigenvalue weighted by Crippen LogP contribution is 2.35. The summed E-state index contributed by atoms with van der Waals surface area (Å²) in [5, 5.41) is 0. The van der Waals surface area contributed by atoms with Gasteiger partial charge >= 0.3 is 0 Å². The van der Waals surface area contributed by atoms with Crippen molar-refractivity contribution in [3.63, 3.8) is 0 Å². The second-order valence-electron chi connectivity index (χ2n) is 4.87. The normalized spacial score (nSPS) is 10.8. The smallest absolute Gasteiger partial charge is 0.169 e. The lowest BCUT2D eigenvalue weighted by atomic mass is 10.1. The minimum Gasteiger partial charge on any atom is -0.496 e. The van der Waals surface area contributed by atoms with E-state index in [-0.39, 0.29) is 0 Å². The number of ether oxygens (including phenoxy) is 3. The van der Waals surface area contributed by atoms with Gasteiger partial charge in [-0.2, -0.15) is 12.6 Å². The first kappa shape index (κ1) is 17.2. The van der Waals surface area contributed by atoms with E-state index in [1.54, 1.807) is 21.3 Å². The molecule has 0 N–H and O–H groups in total. The van der Waals surface area contributed by atoms with Crippen LogP contribution in [0.5, 0.6) is 17.2 Å². The van der Waals surface area contributed by atoms with Crippen molar-refractivity contribution in [1.82, 2.24) is 0 Å². The molecule has 1 aromatic carbocycles. The number of rotatable bonds is 7. The van der Waals surface area contributed by atoms with Crippen molar-refractivity contribution in [3.05, 3.63) is 47.8 Å². The van der Waals surface area contributed by atoms with E-state index in [0.717, 1.165) is 23.4 Å². The Balaban J connectivity index is 2.30. The molecule has 0 fully saturated rings. The molecule has 0 saturated carbocycles. The van der Waals surface area contributed by atoms with Crippen LogP contribution in [-0.4, -0.2) is 27.1 Å². The summed E-state index contributed by atoms with van der Waals surface area (Å²) in [5.41, 5.74) is 1.98. The van der Waals surface area contributed by atoms with Gasteiger partial charge in [-0.05, 0) is 11.6 Å². The van der Waals surface area contributed by atoms with Crippen LogP contribution in [0.4, 0.5) is 0 Å². The first-order valence-electron chi connectivity index (χ1n) is 7.30. The highest BCUT2D eigenvalue weighted by Gasteiger charge is 2.10. The van der Waals surface area contributed by atoms with Crippen molar-refractivity contribution in [2.24, 2.45) is 0 Å². The van der Waals surface area contributed by atoms with E-state index >= 15 is 0 Å². The third-order valence-electron chi connectivity index (χ3n) is 3.47. The number of aromatic nitrogens is 1. The highest BCUT2D eigenvalue weighted by molar-refractivity contribution is 7.80. The van der Waals surface area contributed by atoms with E-state index in [2.05, 4.69) is 29.3 Å². The van der Waals surface area contributed by atoms with Gasteiger partial charge in [0, 0.05) is 30.0 Å². The standard InChI is InChI=1S/C18H21NO3S/c1-20-15-12-17(21-2)16(18(13-15)22-3)5-4-14-6-8-19(9-7-14)10-11-23/h4-9,12-13H,10-11H2,1-3H3/p+1/b5-4+. The van der Waals surface area contributed by atoms with Crippen LogP contribution in [-0.2, 0) is 6.54 Å². The summed E-state index contributed by atoms with van der Waals surface area (Å²) in [6.45, 7) is 0.896. The number of hydrogen-bond acceptors (Lipinski definition) is 4. The van der Waals surface area contributed by atoms with Crippen LogP contribution in [0.2, 0.25) is 0 Å². The fourth-order valence-corrected chi connectivity index (χ4v) is 2.45. The van der Waals surface area contributed by atoms with Crippen molar-refractivity contribution >= 4 is 24.8 Å². The molecule has 5 heteroatoms. The third-order valence-corrected chi connectivity index (χ3v) is 3.67. The SMILES string of the molecule is COc1cc(OC)c(/C=C/c2cc[n+](CCS)cc2)c(OC)c1. The van der Waals surface area contributed by atoms with Crippen LogP contribution < -0.4 is 18.8 Å². The maximum Gasteiger partial charge on any atom is 0.169 e. The van der Waals surface area contributed by atoms with E-state index in [1.165, 1.54) is 0 Å². The minimum atomic E-state index is 0.698. The summed E-state index contributed by atoms with van der Waals surface area (Å²) in [6, 6.07) is 7.80. The number of thiol groups is 1. The van der Waals surface area contributed by atoms with E-state index in [9.17, 15) is 0 Å². The molecule has 1 aromatic heterocycles. The topological polar surface area (TPSA) is 31.6 Å². The molecule has 0 aliphatic rings.